The van der Waals surface area contributed by atoms with E-state index in [0.29, 0.717) is 15.8 Å². The number of hydrazone groups is 1. The number of rotatable bonds is 6. The number of halogens is 2. The van der Waals surface area contributed by atoms with E-state index >= 15 is 0 Å². The number of hydrogen-bond donors (Lipinski definition) is 1. The minimum atomic E-state index is -0.139. The van der Waals surface area contributed by atoms with Crippen LogP contribution in [0.5, 0.6) is 0 Å². The Hall–Kier alpha value is -1.49. The van der Waals surface area contributed by atoms with Gasteiger partial charge in [-0.1, -0.05) is 53.5 Å². The second-order valence-corrected chi connectivity index (χ2v) is 6.69. The zero-order valence-corrected chi connectivity index (χ0v) is 14.9. The fourth-order valence-corrected chi connectivity index (χ4v) is 3.03. The Labute approximate surface area is 150 Å². The third-order valence-corrected chi connectivity index (χ3v) is 4.82. The number of benzene rings is 2. The van der Waals surface area contributed by atoms with E-state index in [9.17, 15) is 4.79 Å². The van der Waals surface area contributed by atoms with Crippen LogP contribution in [0.3, 0.4) is 0 Å². The highest BCUT2D eigenvalue weighted by molar-refractivity contribution is 7.99. The maximum atomic E-state index is 11.7. The molecule has 2 aromatic carbocycles. The lowest BCUT2D eigenvalue weighted by Gasteiger charge is -2.04. The molecule has 0 aliphatic rings. The van der Waals surface area contributed by atoms with Gasteiger partial charge < -0.3 is 0 Å². The maximum absolute atomic E-state index is 11.7. The average molecular weight is 367 g/mol. The predicted molar refractivity (Wildman–Crippen MR) is 99.5 cm³/mol. The van der Waals surface area contributed by atoms with Gasteiger partial charge in [-0.15, -0.1) is 11.8 Å². The number of nitrogens with zero attached hydrogens (tertiary/aromatic N) is 1. The summed E-state index contributed by atoms with van der Waals surface area (Å²) in [4.78, 5) is 11.7. The molecule has 0 heterocycles. The van der Waals surface area contributed by atoms with Gasteiger partial charge in [0.25, 0.3) is 0 Å². The van der Waals surface area contributed by atoms with Crippen molar-refractivity contribution >= 4 is 47.1 Å². The average Bonchev–Trinajstić information content (AvgIpc) is 2.53. The number of carbonyl (C=O) groups excluding carboxylic acids is 1. The van der Waals surface area contributed by atoms with Crippen molar-refractivity contribution in [2.75, 3.05) is 5.75 Å². The largest absolute Gasteiger partial charge is 0.272 e. The van der Waals surface area contributed by atoms with Crippen LogP contribution in [0.2, 0.25) is 10.0 Å². The van der Waals surface area contributed by atoms with Crippen molar-refractivity contribution in [1.82, 2.24) is 5.43 Å². The summed E-state index contributed by atoms with van der Waals surface area (Å²) in [7, 11) is 0. The van der Waals surface area contributed by atoms with Crippen molar-refractivity contribution in [3.8, 4) is 0 Å². The Kier molecular flexibility index (Phi) is 6.96. The summed E-state index contributed by atoms with van der Waals surface area (Å²) < 4.78 is 0. The summed E-state index contributed by atoms with van der Waals surface area (Å²) >= 11 is 13.3. The highest BCUT2D eigenvalue weighted by atomic mass is 35.5. The van der Waals surface area contributed by atoms with Crippen LogP contribution in [0.15, 0.2) is 47.6 Å². The van der Waals surface area contributed by atoms with Crippen molar-refractivity contribution in [2.24, 2.45) is 5.10 Å². The van der Waals surface area contributed by atoms with Gasteiger partial charge in [0.2, 0.25) is 5.91 Å². The van der Waals surface area contributed by atoms with Gasteiger partial charge in [0.05, 0.1) is 22.0 Å². The zero-order valence-electron chi connectivity index (χ0n) is 12.6. The van der Waals surface area contributed by atoms with Crippen LogP contribution in [-0.4, -0.2) is 17.9 Å². The monoisotopic (exact) mass is 366 g/mol. The van der Waals surface area contributed by atoms with Crippen molar-refractivity contribution in [2.45, 2.75) is 12.7 Å². The van der Waals surface area contributed by atoms with E-state index < -0.39 is 0 Å². The van der Waals surface area contributed by atoms with E-state index in [1.807, 2.05) is 12.1 Å². The SMILES string of the molecule is Cc1ccccc1CSCC(=O)N/N=C\c1ccc(Cl)c(Cl)c1. The van der Waals surface area contributed by atoms with Crippen molar-refractivity contribution < 1.29 is 4.79 Å². The third kappa shape index (κ3) is 5.90. The molecule has 0 aliphatic carbocycles. The van der Waals surface area contributed by atoms with Gasteiger partial charge in [-0.25, -0.2) is 5.43 Å². The molecule has 3 nitrogen and oxygen atoms in total. The van der Waals surface area contributed by atoms with Gasteiger partial charge in [0.15, 0.2) is 0 Å². The molecule has 2 rings (SSSR count). The number of thioether (sulfide) groups is 1. The molecule has 2 aromatic rings. The topological polar surface area (TPSA) is 41.5 Å². The number of amides is 1. The molecule has 0 fully saturated rings. The first-order valence-corrected chi connectivity index (χ1v) is 8.86. The van der Waals surface area contributed by atoms with E-state index in [-0.39, 0.29) is 5.91 Å². The Morgan fingerprint density at radius 2 is 2.00 bits per heavy atom. The van der Waals surface area contributed by atoms with E-state index in [0.717, 1.165) is 11.3 Å². The lowest BCUT2D eigenvalue weighted by molar-refractivity contribution is -0.118. The molecule has 1 amide bonds. The first-order valence-electron chi connectivity index (χ1n) is 6.95. The highest BCUT2D eigenvalue weighted by Crippen LogP contribution is 2.21. The number of nitrogens with one attached hydrogen (secondary N) is 1. The first-order chi connectivity index (χ1) is 11.1. The number of hydrogen-bond acceptors (Lipinski definition) is 3. The van der Waals surface area contributed by atoms with Crippen LogP contribution in [0, 0.1) is 6.92 Å². The first kappa shape index (κ1) is 17.9. The van der Waals surface area contributed by atoms with Gasteiger partial charge >= 0.3 is 0 Å². The van der Waals surface area contributed by atoms with Crippen LogP contribution in [0.4, 0.5) is 0 Å². The van der Waals surface area contributed by atoms with Gasteiger partial charge in [-0.3, -0.25) is 4.79 Å². The summed E-state index contributed by atoms with van der Waals surface area (Å²) in [6.45, 7) is 2.07. The molecular weight excluding hydrogens is 351 g/mol. The van der Waals surface area contributed by atoms with Crippen LogP contribution < -0.4 is 5.43 Å². The molecule has 6 heteroatoms. The summed E-state index contributed by atoms with van der Waals surface area (Å²) in [6, 6.07) is 13.3. The minimum Gasteiger partial charge on any atom is -0.272 e. The molecule has 0 saturated heterocycles. The van der Waals surface area contributed by atoms with Gasteiger partial charge in [0, 0.05) is 5.75 Å². The van der Waals surface area contributed by atoms with Crippen molar-refractivity contribution in [3.63, 3.8) is 0 Å². The van der Waals surface area contributed by atoms with Gasteiger partial charge in [-0.2, -0.15) is 5.10 Å². The lowest BCUT2D eigenvalue weighted by atomic mass is 10.1. The fourth-order valence-electron chi connectivity index (χ4n) is 1.83. The summed E-state index contributed by atoms with van der Waals surface area (Å²) in [6.07, 6.45) is 1.53. The molecular formula is C17H16Cl2N2OS. The Morgan fingerprint density at radius 3 is 2.74 bits per heavy atom. The van der Waals surface area contributed by atoms with Crippen LogP contribution >= 0.6 is 35.0 Å². The molecule has 0 spiro atoms. The summed E-state index contributed by atoms with van der Waals surface area (Å²) in [5.41, 5.74) is 5.75. The summed E-state index contributed by atoms with van der Waals surface area (Å²) in [5, 5.41) is 4.86. The highest BCUT2D eigenvalue weighted by Gasteiger charge is 2.02. The Morgan fingerprint density at radius 1 is 1.22 bits per heavy atom. The molecule has 0 atom stereocenters. The quantitative estimate of drug-likeness (QED) is 0.595. The smallest absolute Gasteiger partial charge is 0.250 e. The second-order valence-electron chi connectivity index (χ2n) is 4.89. The predicted octanol–water partition coefficient (Wildman–Crippen LogP) is 4.69. The van der Waals surface area contributed by atoms with Crippen LogP contribution in [-0.2, 0) is 10.5 Å². The fraction of sp³-hybridized carbons (Fsp3) is 0.176. The zero-order chi connectivity index (χ0) is 16.7. The molecule has 120 valence electrons. The standard InChI is InChI=1S/C17H16Cl2N2OS/c1-12-4-2-3-5-14(12)10-23-11-17(22)21-20-9-13-6-7-15(18)16(19)8-13/h2-9H,10-11H2,1H3,(H,21,22)/b20-9-. The lowest BCUT2D eigenvalue weighted by Crippen LogP contribution is -2.19. The molecule has 0 aromatic heterocycles. The van der Waals surface area contributed by atoms with E-state index in [2.05, 4.69) is 29.6 Å². The van der Waals surface area contributed by atoms with Crippen molar-refractivity contribution in [1.29, 1.82) is 0 Å². The van der Waals surface area contributed by atoms with E-state index in [1.54, 1.807) is 30.0 Å². The van der Waals surface area contributed by atoms with Gasteiger partial charge in [-0.05, 0) is 35.7 Å². The second kappa shape index (κ2) is 8.96. The normalized spacial score (nSPS) is 10.9. The Balaban J connectivity index is 1.75. The number of aryl methyl sites for hydroxylation is 1. The molecule has 0 radical (unpaired) electrons. The molecule has 0 aliphatic heterocycles. The molecule has 0 bridgehead atoms. The minimum absolute atomic E-state index is 0.139. The van der Waals surface area contributed by atoms with Crippen molar-refractivity contribution in [3.05, 3.63) is 69.2 Å². The molecule has 1 N–H and O–H groups in total. The molecule has 0 unspecified atom stereocenters. The van der Waals surface area contributed by atoms with E-state index in [4.69, 9.17) is 23.2 Å². The van der Waals surface area contributed by atoms with Crippen LogP contribution in [0.1, 0.15) is 16.7 Å². The third-order valence-electron chi connectivity index (χ3n) is 3.10. The Bertz CT molecular complexity index is 719. The number of carbonyl (C=O) groups is 1. The van der Waals surface area contributed by atoms with Gasteiger partial charge in [0.1, 0.15) is 0 Å². The molecule has 0 saturated carbocycles. The maximum Gasteiger partial charge on any atom is 0.250 e. The van der Waals surface area contributed by atoms with Crippen LogP contribution in [0.25, 0.3) is 0 Å². The van der Waals surface area contributed by atoms with E-state index in [1.165, 1.54) is 17.3 Å². The summed E-state index contributed by atoms with van der Waals surface area (Å²) in [5.74, 6) is 1.02. The molecule has 23 heavy (non-hydrogen) atoms.